The summed E-state index contributed by atoms with van der Waals surface area (Å²) in [5.74, 6) is 0. The van der Waals surface area contributed by atoms with Crippen LogP contribution in [0.1, 0.15) is 6.42 Å². The van der Waals surface area contributed by atoms with Gasteiger partial charge in [-0.2, -0.15) is 0 Å². The van der Waals surface area contributed by atoms with E-state index in [1.54, 1.807) is 0 Å². The molecule has 4 heteroatoms. The Balaban J connectivity index is 1.99. The molecule has 0 N–H and O–H groups in total. The fourth-order valence-electron chi connectivity index (χ4n) is 1.64. The van der Waals surface area contributed by atoms with Crippen molar-refractivity contribution in [2.45, 2.75) is 18.6 Å². The zero-order valence-corrected chi connectivity index (χ0v) is 8.49. The van der Waals surface area contributed by atoms with Crippen molar-refractivity contribution >= 4 is 22.9 Å². The van der Waals surface area contributed by atoms with Gasteiger partial charge in [0.1, 0.15) is 0 Å². The minimum atomic E-state index is 0.328. The molecule has 2 saturated heterocycles. The molecule has 0 bridgehead atoms. The highest BCUT2D eigenvalue weighted by Crippen LogP contribution is 2.23. The Morgan fingerprint density at radius 1 is 1.36 bits per heavy atom. The van der Waals surface area contributed by atoms with Gasteiger partial charge in [0.2, 0.25) is 0 Å². The van der Waals surface area contributed by atoms with E-state index in [0.717, 1.165) is 32.8 Å². The van der Waals surface area contributed by atoms with E-state index in [1.807, 2.05) is 0 Å². The van der Waals surface area contributed by atoms with Gasteiger partial charge in [-0.1, -0.05) is 0 Å². The van der Waals surface area contributed by atoms with Gasteiger partial charge in [0.05, 0.1) is 25.4 Å². The lowest BCUT2D eigenvalue weighted by Gasteiger charge is -2.40. The van der Waals surface area contributed by atoms with Gasteiger partial charge in [0.25, 0.3) is 0 Å². The fraction of sp³-hybridized carbons (Fsp3) is 1.00. The molecule has 11 heavy (non-hydrogen) atoms. The van der Waals surface area contributed by atoms with Crippen LogP contribution in [-0.2, 0) is 9.47 Å². The summed E-state index contributed by atoms with van der Waals surface area (Å²) >= 11 is 2.39. The zero-order chi connectivity index (χ0) is 7.68. The first kappa shape index (κ1) is 8.22. The van der Waals surface area contributed by atoms with Gasteiger partial charge in [-0.3, -0.25) is 0 Å². The van der Waals surface area contributed by atoms with Crippen molar-refractivity contribution in [1.82, 2.24) is 3.11 Å². The molecule has 0 spiro atoms. The summed E-state index contributed by atoms with van der Waals surface area (Å²) < 4.78 is 13.3. The molecular formula is C7H12INO2. The number of ether oxygens (including phenoxy) is 2. The summed E-state index contributed by atoms with van der Waals surface area (Å²) in [6, 6.07) is 0.595. The molecular weight excluding hydrogens is 257 g/mol. The number of hydrogen-bond donors (Lipinski definition) is 0. The van der Waals surface area contributed by atoms with Crippen LogP contribution in [0.4, 0.5) is 0 Å². The molecule has 0 aromatic carbocycles. The Morgan fingerprint density at radius 3 is 3.09 bits per heavy atom. The largest absolute Gasteiger partial charge is 0.379 e. The lowest BCUT2D eigenvalue weighted by Crippen LogP contribution is -2.51. The van der Waals surface area contributed by atoms with Crippen molar-refractivity contribution in [3.63, 3.8) is 0 Å². The molecule has 2 aliphatic heterocycles. The summed E-state index contributed by atoms with van der Waals surface area (Å²) in [4.78, 5) is 0. The van der Waals surface area contributed by atoms with Crippen LogP contribution in [0.5, 0.6) is 0 Å². The third-order valence-electron chi connectivity index (χ3n) is 2.27. The smallest absolute Gasteiger partial charge is 0.0972 e. The van der Waals surface area contributed by atoms with E-state index in [2.05, 4.69) is 26.0 Å². The van der Waals surface area contributed by atoms with E-state index in [0.29, 0.717) is 12.1 Å². The Kier molecular flexibility index (Phi) is 2.65. The first-order valence-corrected chi connectivity index (χ1v) is 4.96. The quantitative estimate of drug-likeness (QED) is 0.480. The van der Waals surface area contributed by atoms with E-state index in [1.165, 1.54) is 0 Å². The van der Waals surface area contributed by atoms with Crippen molar-refractivity contribution < 1.29 is 9.47 Å². The first-order chi connectivity index (χ1) is 5.38. The van der Waals surface area contributed by atoms with Gasteiger partial charge in [0.15, 0.2) is 0 Å². The Hall–Kier alpha value is 0.610. The van der Waals surface area contributed by atoms with E-state index in [-0.39, 0.29) is 0 Å². The minimum Gasteiger partial charge on any atom is -0.379 e. The normalized spacial score (nSPS) is 40.1. The van der Waals surface area contributed by atoms with Crippen LogP contribution in [0.3, 0.4) is 0 Å². The average Bonchev–Trinajstić information content (AvgIpc) is 2.06. The van der Waals surface area contributed by atoms with Crippen LogP contribution < -0.4 is 0 Å². The van der Waals surface area contributed by atoms with Crippen LogP contribution in [0, 0.1) is 0 Å². The molecule has 2 rings (SSSR count). The summed E-state index contributed by atoms with van der Waals surface area (Å²) in [5.41, 5.74) is 0. The van der Waals surface area contributed by atoms with Gasteiger partial charge in [-0.15, -0.1) is 0 Å². The molecule has 2 fully saturated rings. The molecule has 0 aromatic rings. The van der Waals surface area contributed by atoms with Gasteiger partial charge in [0, 0.05) is 36.0 Å². The molecule has 64 valence electrons. The van der Waals surface area contributed by atoms with Crippen molar-refractivity contribution in [2.75, 3.05) is 26.4 Å². The van der Waals surface area contributed by atoms with Gasteiger partial charge in [-0.25, -0.2) is 3.11 Å². The summed E-state index contributed by atoms with van der Waals surface area (Å²) in [7, 11) is 0. The average molecular weight is 269 g/mol. The van der Waals surface area contributed by atoms with E-state index in [9.17, 15) is 0 Å². The molecule has 2 atom stereocenters. The van der Waals surface area contributed by atoms with Crippen LogP contribution in [0.15, 0.2) is 0 Å². The maximum Gasteiger partial charge on any atom is 0.0972 e. The van der Waals surface area contributed by atoms with E-state index < -0.39 is 0 Å². The lowest BCUT2D eigenvalue weighted by atomic mass is 10.1. The van der Waals surface area contributed by atoms with E-state index in [4.69, 9.17) is 9.47 Å². The predicted octanol–water partition coefficient (Wildman–Crippen LogP) is 0.826. The Morgan fingerprint density at radius 2 is 2.27 bits per heavy atom. The number of rotatable bonds is 0. The van der Waals surface area contributed by atoms with Crippen molar-refractivity contribution in [1.29, 1.82) is 0 Å². The maximum absolute atomic E-state index is 5.58. The molecule has 2 heterocycles. The highest BCUT2D eigenvalue weighted by Gasteiger charge is 2.33. The fourth-order valence-corrected chi connectivity index (χ4v) is 2.47. The van der Waals surface area contributed by atoms with Gasteiger partial charge < -0.3 is 9.47 Å². The second-order valence-corrected chi connectivity index (χ2v) is 4.20. The molecule has 0 aromatic heterocycles. The number of morpholine rings is 1. The molecule has 0 amide bonds. The lowest BCUT2D eigenvalue weighted by molar-refractivity contribution is -0.107. The molecule has 0 aliphatic carbocycles. The van der Waals surface area contributed by atoms with Crippen LogP contribution in [0.2, 0.25) is 0 Å². The van der Waals surface area contributed by atoms with Crippen molar-refractivity contribution in [2.24, 2.45) is 0 Å². The SMILES string of the molecule is IN1CCOC2COCCC21. The molecule has 0 saturated carbocycles. The minimum absolute atomic E-state index is 0.328. The summed E-state index contributed by atoms with van der Waals surface area (Å²) in [6.45, 7) is 3.59. The number of nitrogens with zero attached hydrogens (tertiary/aromatic N) is 1. The summed E-state index contributed by atoms with van der Waals surface area (Å²) in [6.07, 6.45) is 1.45. The molecule has 2 aliphatic rings. The number of hydrogen-bond acceptors (Lipinski definition) is 3. The number of halogens is 1. The van der Waals surface area contributed by atoms with E-state index >= 15 is 0 Å². The van der Waals surface area contributed by atoms with Gasteiger partial charge in [-0.05, 0) is 6.42 Å². The monoisotopic (exact) mass is 269 g/mol. The number of fused-ring (bicyclic) bond motifs is 1. The second-order valence-electron chi connectivity index (χ2n) is 2.96. The predicted molar refractivity (Wildman–Crippen MR) is 49.7 cm³/mol. The highest BCUT2D eigenvalue weighted by molar-refractivity contribution is 14.1. The van der Waals surface area contributed by atoms with Gasteiger partial charge >= 0.3 is 0 Å². The molecule has 2 unspecified atom stereocenters. The summed E-state index contributed by atoms with van der Waals surface area (Å²) in [5, 5.41) is 0. The third kappa shape index (κ3) is 1.68. The first-order valence-electron chi connectivity index (χ1n) is 4.00. The zero-order valence-electron chi connectivity index (χ0n) is 6.33. The third-order valence-corrected chi connectivity index (χ3v) is 3.46. The maximum atomic E-state index is 5.58. The van der Waals surface area contributed by atoms with Crippen molar-refractivity contribution in [3.8, 4) is 0 Å². The molecule has 3 nitrogen and oxygen atoms in total. The standard InChI is InChI=1S/C7H12INO2/c8-9-2-4-11-7-5-10-3-1-6(7)9/h6-7H,1-5H2. The van der Waals surface area contributed by atoms with Crippen LogP contribution in [-0.4, -0.2) is 41.6 Å². The Bertz CT molecular complexity index is 142. The highest BCUT2D eigenvalue weighted by atomic mass is 127. The second kappa shape index (κ2) is 3.55. The van der Waals surface area contributed by atoms with Crippen LogP contribution >= 0.6 is 22.9 Å². The Labute approximate surface area is 80.5 Å². The molecule has 0 radical (unpaired) electrons. The topological polar surface area (TPSA) is 21.7 Å². The van der Waals surface area contributed by atoms with Crippen molar-refractivity contribution in [3.05, 3.63) is 0 Å². The van der Waals surface area contributed by atoms with Crippen LogP contribution in [0.25, 0.3) is 0 Å².